The normalized spacial score (nSPS) is 26.3. The molecule has 2 fully saturated rings. The van der Waals surface area contributed by atoms with Crippen LogP contribution in [0.15, 0.2) is 0 Å². The van der Waals surface area contributed by atoms with E-state index in [9.17, 15) is 4.79 Å². The third kappa shape index (κ3) is 4.79. The number of hydrogen-bond donors (Lipinski definition) is 2. The van der Waals surface area contributed by atoms with Crippen molar-refractivity contribution in [3.8, 4) is 0 Å². The summed E-state index contributed by atoms with van der Waals surface area (Å²) < 4.78 is 0. The Morgan fingerprint density at radius 3 is 2.58 bits per heavy atom. The second kappa shape index (κ2) is 7.88. The van der Waals surface area contributed by atoms with Gasteiger partial charge in [0.05, 0.1) is 0 Å². The summed E-state index contributed by atoms with van der Waals surface area (Å²) in [5.74, 6) is 2.01. The smallest absolute Gasteiger partial charge is 0.223 e. The lowest BCUT2D eigenvalue weighted by molar-refractivity contribution is -0.125. The number of carbonyl (C=O) groups excluding carboxylic acids is 1. The Kier molecular flexibility index (Phi) is 6.15. The summed E-state index contributed by atoms with van der Waals surface area (Å²) in [5.41, 5.74) is 0. The number of amides is 1. The highest BCUT2D eigenvalue weighted by Gasteiger charge is 2.24. The van der Waals surface area contributed by atoms with Crippen molar-refractivity contribution in [3.05, 3.63) is 0 Å². The zero-order chi connectivity index (χ0) is 13.5. The maximum atomic E-state index is 12.3. The van der Waals surface area contributed by atoms with E-state index in [-0.39, 0.29) is 5.92 Å². The molecular weight excluding hydrogens is 236 g/mol. The van der Waals surface area contributed by atoms with Crippen LogP contribution in [0.4, 0.5) is 0 Å². The second-order valence-electron chi connectivity index (χ2n) is 6.45. The summed E-state index contributed by atoms with van der Waals surface area (Å²) in [4.78, 5) is 12.3. The highest BCUT2D eigenvalue weighted by atomic mass is 16.1. The highest BCUT2D eigenvalue weighted by molar-refractivity contribution is 5.78. The van der Waals surface area contributed by atoms with Gasteiger partial charge in [0.25, 0.3) is 0 Å². The van der Waals surface area contributed by atoms with Gasteiger partial charge in [-0.3, -0.25) is 4.79 Å². The van der Waals surface area contributed by atoms with E-state index in [0.717, 1.165) is 38.4 Å². The first-order valence-corrected chi connectivity index (χ1v) is 8.28. The van der Waals surface area contributed by atoms with E-state index in [1.165, 1.54) is 38.5 Å². The minimum Gasteiger partial charge on any atom is -0.356 e. The molecule has 2 rings (SSSR count). The largest absolute Gasteiger partial charge is 0.356 e. The fourth-order valence-corrected chi connectivity index (χ4v) is 3.60. The van der Waals surface area contributed by atoms with Crippen molar-refractivity contribution < 1.29 is 4.79 Å². The van der Waals surface area contributed by atoms with E-state index in [1.54, 1.807) is 0 Å². The van der Waals surface area contributed by atoms with Crippen LogP contribution < -0.4 is 10.6 Å². The first-order valence-electron chi connectivity index (χ1n) is 8.28. The fourth-order valence-electron chi connectivity index (χ4n) is 3.60. The lowest BCUT2D eigenvalue weighted by Gasteiger charge is -2.24. The number of carbonyl (C=O) groups is 1. The van der Waals surface area contributed by atoms with Crippen LogP contribution in [0.3, 0.4) is 0 Å². The van der Waals surface area contributed by atoms with Gasteiger partial charge in [0.15, 0.2) is 0 Å². The number of nitrogens with one attached hydrogen (secondary N) is 2. The van der Waals surface area contributed by atoms with Gasteiger partial charge in [-0.1, -0.05) is 32.6 Å². The molecule has 0 spiro atoms. The Balaban J connectivity index is 1.69. The first kappa shape index (κ1) is 14.8. The molecule has 1 heterocycles. The Hall–Kier alpha value is -0.570. The van der Waals surface area contributed by atoms with Crippen LogP contribution in [0.2, 0.25) is 0 Å². The maximum Gasteiger partial charge on any atom is 0.223 e. The van der Waals surface area contributed by atoms with Gasteiger partial charge >= 0.3 is 0 Å². The first-order chi connectivity index (χ1) is 9.29. The van der Waals surface area contributed by atoms with Gasteiger partial charge in [-0.2, -0.15) is 0 Å². The third-order valence-electron chi connectivity index (χ3n) is 4.92. The van der Waals surface area contributed by atoms with E-state index in [0.29, 0.717) is 11.8 Å². The zero-order valence-electron chi connectivity index (χ0n) is 12.4. The Morgan fingerprint density at radius 1 is 1.21 bits per heavy atom. The Morgan fingerprint density at radius 2 is 1.95 bits per heavy atom. The summed E-state index contributed by atoms with van der Waals surface area (Å²) in [5, 5.41) is 6.61. The molecule has 2 atom stereocenters. The molecule has 1 saturated heterocycles. The molecule has 0 aromatic carbocycles. The fraction of sp³-hybridized carbons (Fsp3) is 0.938. The van der Waals surface area contributed by atoms with E-state index in [1.807, 2.05) is 0 Å². The van der Waals surface area contributed by atoms with Crippen LogP contribution in [0.1, 0.15) is 58.3 Å². The van der Waals surface area contributed by atoms with Gasteiger partial charge in [-0.05, 0) is 50.6 Å². The Bertz CT molecular complexity index is 268. The van der Waals surface area contributed by atoms with Crippen molar-refractivity contribution >= 4 is 5.91 Å². The molecule has 1 aliphatic carbocycles. The molecule has 3 heteroatoms. The van der Waals surface area contributed by atoms with E-state index in [4.69, 9.17) is 0 Å². The summed E-state index contributed by atoms with van der Waals surface area (Å²) in [6.07, 6.45) is 10.0. The van der Waals surface area contributed by atoms with E-state index >= 15 is 0 Å². The van der Waals surface area contributed by atoms with E-state index < -0.39 is 0 Å². The lowest BCUT2D eigenvalue weighted by Crippen LogP contribution is -2.40. The molecule has 19 heavy (non-hydrogen) atoms. The molecule has 0 bridgehead atoms. The van der Waals surface area contributed by atoms with Crippen LogP contribution in [-0.4, -0.2) is 25.5 Å². The number of hydrogen-bond acceptors (Lipinski definition) is 2. The van der Waals surface area contributed by atoms with Crippen molar-refractivity contribution in [2.45, 2.75) is 58.3 Å². The van der Waals surface area contributed by atoms with Crippen LogP contribution >= 0.6 is 0 Å². The van der Waals surface area contributed by atoms with Crippen molar-refractivity contribution in [1.29, 1.82) is 0 Å². The summed E-state index contributed by atoms with van der Waals surface area (Å²) in [7, 11) is 0. The van der Waals surface area contributed by atoms with Gasteiger partial charge < -0.3 is 10.6 Å². The molecule has 1 saturated carbocycles. The van der Waals surface area contributed by atoms with Gasteiger partial charge in [-0.25, -0.2) is 0 Å². The van der Waals surface area contributed by atoms with Crippen molar-refractivity contribution in [1.82, 2.24) is 10.6 Å². The van der Waals surface area contributed by atoms with Crippen LogP contribution in [0, 0.1) is 17.8 Å². The minimum atomic E-state index is 0.250. The molecule has 3 nitrogen and oxygen atoms in total. The molecule has 2 N–H and O–H groups in total. The van der Waals surface area contributed by atoms with Crippen LogP contribution in [0.5, 0.6) is 0 Å². The molecule has 2 unspecified atom stereocenters. The maximum absolute atomic E-state index is 12.3. The van der Waals surface area contributed by atoms with Gasteiger partial charge in [-0.15, -0.1) is 0 Å². The number of rotatable bonds is 6. The van der Waals surface area contributed by atoms with Crippen molar-refractivity contribution in [3.63, 3.8) is 0 Å². The summed E-state index contributed by atoms with van der Waals surface area (Å²) in [6.45, 7) is 5.23. The molecule has 0 aromatic heterocycles. The minimum absolute atomic E-state index is 0.250. The van der Waals surface area contributed by atoms with Gasteiger partial charge in [0.1, 0.15) is 0 Å². The monoisotopic (exact) mass is 266 g/mol. The average Bonchev–Trinajstić information content (AvgIpc) is 2.96. The number of piperidine rings is 1. The predicted octanol–water partition coefficient (Wildman–Crippen LogP) is 2.71. The van der Waals surface area contributed by atoms with Crippen LogP contribution in [-0.2, 0) is 4.79 Å². The molecule has 0 aromatic rings. The van der Waals surface area contributed by atoms with Crippen LogP contribution in [0.25, 0.3) is 0 Å². The predicted molar refractivity (Wildman–Crippen MR) is 79.0 cm³/mol. The zero-order valence-corrected chi connectivity index (χ0v) is 12.4. The molecule has 0 radical (unpaired) electrons. The molecule has 1 amide bonds. The topological polar surface area (TPSA) is 41.1 Å². The van der Waals surface area contributed by atoms with Crippen molar-refractivity contribution in [2.75, 3.05) is 19.6 Å². The summed E-state index contributed by atoms with van der Waals surface area (Å²) >= 11 is 0. The molecule has 110 valence electrons. The highest BCUT2D eigenvalue weighted by Crippen LogP contribution is 2.31. The second-order valence-corrected chi connectivity index (χ2v) is 6.45. The lowest BCUT2D eigenvalue weighted by atomic mass is 9.90. The summed E-state index contributed by atoms with van der Waals surface area (Å²) in [6, 6.07) is 0. The SMILES string of the molecule is CCC(CC1CCCC1)C(=O)NCC1CCCNC1. The molecule has 1 aliphatic heterocycles. The molecule has 2 aliphatic rings. The van der Waals surface area contributed by atoms with E-state index in [2.05, 4.69) is 17.6 Å². The Labute approximate surface area is 117 Å². The third-order valence-corrected chi connectivity index (χ3v) is 4.92. The quantitative estimate of drug-likeness (QED) is 0.776. The molecular formula is C16H30N2O. The van der Waals surface area contributed by atoms with Gasteiger partial charge in [0, 0.05) is 12.5 Å². The average molecular weight is 266 g/mol. The van der Waals surface area contributed by atoms with Crippen molar-refractivity contribution in [2.24, 2.45) is 17.8 Å². The van der Waals surface area contributed by atoms with Gasteiger partial charge in [0.2, 0.25) is 5.91 Å². The standard InChI is InChI=1S/C16H30N2O/c1-2-15(10-13-6-3-4-7-13)16(19)18-12-14-8-5-9-17-11-14/h13-15,17H,2-12H2,1H3,(H,18,19).